The van der Waals surface area contributed by atoms with E-state index in [9.17, 15) is 0 Å². The van der Waals surface area contributed by atoms with Gasteiger partial charge in [-0.2, -0.15) is 0 Å². The Kier molecular flexibility index (Phi) is 59.4. The molecule has 94 heavy (non-hydrogen) atoms. The largest absolute Gasteiger partial charge is 0.304 e. The van der Waals surface area contributed by atoms with Crippen molar-refractivity contribution < 1.29 is 0 Å². The number of hydrogen-bond donors (Lipinski definition) is 0. The SMILES string of the molecule is CC.CC.CCC.CCC.CCC.CCC.CCN(CC)CC.CCc1cc(CC)cc(-c2c(CC)c(CC)c(CC)c(CC)c2CC)c1.CCc1cc(CC)cc(CC)c1.Cc1cc(C)c(C)cc1C.Cc1ccc(C)c(C)c1C.c1ccc2c(c1)Cc1ccccc1-2. The maximum atomic E-state index is 2.46. The maximum absolute atomic E-state index is 2.46. The van der Waals surface area contributed by atoms with E-state index in [0.717, 1.165) is 70.6 Å². The highest BCUT2D eigenvalue weighted by molar-refractivity contribution is 5.78. The van der Waals surface area contributed by atoms with Crippen LogP contribution in [-0.4, -0.2) is 24.5 Å². The zero-order valence-corrected chi connectivity index (χ0v) is 68.6. The Hall–Kier alpha value is -5.50. The lowest BCUT2D eigenvalue weighted by atomic mass is 9.79. The van der Waals surface area contributed by atoms with Crippen molar-refractivity contribution in [2.45, 2.75) is 325 Å². The fourth-order valence-corrected chi connectivity index (χ4v) is 11.2. The Labute approximate surface area is 588 Å². The Morgan fingerprint density at radius 3 is 0.723 bits per heavy atom. The molecule has 7 aromatic rings. The van der Waals surface area contributed by atoms with Crippen LogP contribution in [0.3, 0.4) is 0 Å². The summed E-state index contributed by atoms with van der Waals surface area (Å²) in [6, 6.07) is 40.4. The summed E-state index contributed by atoms with van der Waals surface area (Å²) >= 11 is 0. The summed E-state index contributed by atoms with van der Waals surface area (Å²) in [4.78, 5) is 2.38. The molecule has 0 heterocycles. The molecule has 8 rings (SSSR count). The molecule has 0 spiro atoms. The van der Waals surface area contributed by atoms with Crippen molar-refractivity contribution in [3.8, 4) is 22.3 Å². The second-order valence-electron chi connectivity index (χ2n) is 24.4. The highest BCUT2D eigenvalue weighted by Gasteiger charge is 2.21. The van der Waals surface area contributed by atoms with E-state index in [1.54, 1.807) is 33.4 Å². The number of nitrogens with zero attached hydrogens (tertiary/aromatic N) is 1. The second-order valence-corrected chi connectivity index (χ2v) is 24.4. The average molecular weight is 1290 g/mol. The van der Waals surface area contributed by atoms with E-state index in [-0.39, 0.29) is 0 Å². The third kappa shape index (κ3) is 34.4. The molecule has 0 saturated heterocycles. The predicted molar refractivity (Wildman–Crippen MR) is 438 cm³/mol. The van der Waals surface area contributed by atoms with Crippen LogP contribution in [0.5, 0.6) is 0 Å². The van der Waals surface area contributed by atoms with Crippen LogP contribution in [0.1, 0.15) is 310 Å². The zero-order chi connectivity index (χ0) is 72.9. The van der Waals surface area contributed by atoms with Crippen LogP contribution in [0, 0.1) is 55.4 Å². The number of fused-ring (bicyclic) bond motifs is 3. The average Bonchev–Trinajstić information content (AvgIpc) is 0.913. The molecule has 0 radical (unpaired) electrons. The zero-order valence-electron chi connectivity index (χ0n) is 68.6. The summed E-state index contributed by atoms with van der Waals surface area (Å²) < 4.78 is 0. The van der Waals surface area contributed by atoms with E-state index in [1.807, 2.05) is 27.7 Å². The third-order valence-corrected chi connectivity index (χ3v) is 16.8. The summed E-state index contributed by atoms with van der Waals surface area (Å²) in [6.45, 7) is 75.3. The van der Waals surface area contributed by atoms with Crippen molar-refractivity contribution >= 4 is 0 Å². The molecule has 0 N–H and O–H groups in total. The van der Waals surface area contributed by atoms with Crippen LogP contribution in [0.25, 0.3) is 22.3 Å². The molecule has 1 heteroatoms. The molecule has 0 aliphatic heterocycles. The molecule has 1 nitrogen and oxygen atoms in total. The van der Waals surface area contributed by atoms with E-state index < -0.39 is 0 Å². The minimum absolute atomic E-state index is 1.10. The molecule has 530 valence electrons. The molecule has 0 bridgehead atoms. The van der Waals surface area contributed by atoms with Gasteiger partial charge in [-0.15, -0.1) is 0 Å². The normalized spacial score (nSPS) is 9.89. The van der Waals surface area contributed by atoms with Gasteiger partial charge in [-0.3, -0.25) is 0 Å². The van der Waals surface area contributed by atoms with Gasteiger partial charge >= 0.3 is 0 Å². The summed E-state index contributed by atoms with van der Waals surface area (Å²) in [5, 5.41) is 0. The predicted octanol–water partition coefficient (Wildman–Crippen LogP) is 28.8. The standard InChI is InChI=1S/C26H38.C13H10.C12H18.2C10H14.C6H15N.4C3H8.2C2H6/c1-8-18-15-19(9-2)17-20(16-18)26-24(13-6)22(11-4)21(10-3)23(12-5)25(26)14-7;1-3-7-12-10(5-1)9-11-6-2-4-8-13(11)12;1-4-10-7-11(5-2)9-12(6-3)8-10;1-7-5-9(3)10(4)6-8(7)2;1-7-5-6-8(2)10(4)9(7)3;1-4-7(5-2)6-3;4*1-3-2;2*1-2/h15-17H,8-14H2,1-7H3;1-8H,9H2;7-9H,4-6H2,1-3H3;2*5-6H,1-4H3;4-6H2,1-3H3;4*3H2,1-2H3;2*1-2H3. The minimum Gasteiger partial charge on any atom is -0.304 e. The van der Waals surface area contributed by atoms with E-state index in [2.05, 4.69) is 315 Å². The number of aryl methyl sites for hydroxylation is 11. The quantitative estimate of drug-likeness (QED) is 0.105. The van der Waals surface area contributed by atoms with E-state index in [4.69, 9.17) is 0 Å². The van der Waals surface area contributed by atoms with Crippen LogP contribution < -0.4 is 0 Å². The van der Waals surface area contributed by atoms with Crippen molar-refractivity contribution in [1.82, 2.24) is 4.90 Å². The monoisotopic (exact) mass is 1280 g/mol. The Bertz CT molecular complexity index is 2750. The smallest absolute Gasteiger partial charge is 0.00135 e. The van der Waals surface area contributed by atoms with Crippen LogP contribution in [-0.2, 0) is 70.6 Å². The third-order valence-electron chi connectivity index (χ3n) is 16.8. The maximum Gasteiger partial charge on any atom is -0.00135 e. The summed E-state index contributed by atoms with van der Waals surface area (Å²) in [5.41, 5.74) is 35.5. The van der Waals surface area contributed by atoms with Crippen molar-refractivity contribution in [2.24, 2.45) is 0 Å². The van der Waals surface area contributed by atoms with Gasteiger partial charge in [0.05, 0.1) is 0 Å². The molecule has 1 aliphatic carbocycles. The molecule has 0 unspecified atom stereocenters. The van der Waals surface area contributed by atoms with Crippen LogP contribution >= 0.6 is 0 Å². The molecule has 1 aliphatic rings. The van der Waals surface area contributed by atoms with Gasteiger partial charge < -0.3 is 4.90 Å². The van der Waals surface area contributed by atoms with Crippen molar-refractivity contribution in [3.63, 3.8) is 0 Å². The Balaban J connectivity index is -0.000000515. The van der Waals surface area contributed by atoms with Gasteiger partial charge in [0, 0.05) is 0 Å². The first kappa shape index (κ1) is 94.9. The van der Waals surface area contributed by atoms with Gasteiger partial charge in [0.1, 0.15) is 0 Å². The summed E-state index contributed by atoms with van der Waals surface area (Å²) in [6.07, 6.45) is 17.5. The number of rotatable bonds is 14. The minimum atomic E-state index is 1.10. The topological polar surface area (TPSA) is 3.24 Å². The van der Waals surface area contributed by atoms with Crippen LogP contribution in [0.4, 0.5) is 0 Å². The van der Waals surface area contributed by atoms with Crippen LogP contribution in [0.15, 0.2) is 109 Å². The van der Waals surface area contributed by atoms with Gasteiger partial charge in [0.25, 0.3) is 0 Å². The fourth-order valence-electron chi connectivity index (χ4n) is 11.2. The lowest BCUT2D eigenvalue weighted by Crippen LogP contribution is -2.21. The van der Waals surface area contributed by atoms with Gasteiger partial charge in [0.2, 0.25) is 0 Å². The fraction of sp³-hybridized carbons (Fsp3) is 0.548. The molecular formula is C93H153N. The second kappa shape index (κ2) is 58.8. The molecule has 7 aromatic carbocycles. The highest BCUT2D eigenvalue weighted by atomic mass is 15.1. The van der Waals surface area contributed by atoms with Crippen molar-refractivity contribution in [1.29, 1.82) is 0 Å². The highest BCUT2D eigenvalue weighted by Crippen LogP contribution is 2.39. The molecule has 0 amide bonds. The molecule has 0 atom stereocenters. The molecule has 0 aromatic heterocycles. The van der Waals surface area contributed by atoms with Crippen LogP contribution in [0.2, 0.25) is 0 Å². The van der Waals surface area contributed by atoms with Gasteiger partial charge in [-0.05, 0) is 279 Å². The molecule has 0 saturated carbocycles. The molecule has 0 fully saturated rings. The first-order valence-electron chi connectivity index (χ1n) is 38.5. The Morgan fingerprint density at radius 1 is 0.266 bits per heavy atom. The summed E-state index contributed by atoms with van der Waals surface area (Å²) in [5.74, 6) is 0. The first-order valence-corrected chi connectivity index (χ1v) is 38.5. The molecular weight excluding hydrogens is 1130 g/mol. The lowest BCUT2D eigenvalue weighted by molar-refractivity contribution is 0.321. The number of benzene rings is 7. The van der Waals surface area contributed by atoms with Gasteiger partial charge in [0.15, 0.2) is 0 Å². The van der Waals surface area contributed by atoms with Gasteiger partial charge in [-0.1, -0.05) is 308 Å². The summed E-state index contributed by atoms with van der Waals surface area (Å²) in [7, 11) is 0. The lowest BCUT2D eigenvalue weighted by Gasteiger charge is -2.26. The number of hydrogen-bond acceptors (Lipinski definition) is 1. The van der Waals surface area contributed by atoms with Crippen molar-refractivity contribution in [2.75, 3.05) is 19.6 Å². The van der Waals surface area contributed by atoms with E-state index in [0.29, 0.717) is 0 Å². The first-order chi connectivity index (χ1) is 45.1. The van der Waals surface area contributed by atoms with E-state index in [1.165, 1.54) is 145 Å². The van der Waals surface area contributed by atoms with Crippen molar-refractivity contribution in [3.05, 3.63) is 220 Å². The Morgan fingerprint density at radius 2 is 0.500 bits per heavy atom. The van der Waals surface area contributed by atoms with E-state index >= 15 is 0 Å². The van der Waals surface area contributed by atoms with Gasteiger partial charge in [-0.25, -0.2) is 0 Å².